The monoisotopic (exact) mass is 542 g/mol. The summed E-state index contributed by atoms with van der Waals surface area (Å²) in [5.74, 6) is 1.33. The number of nitrogens with zero attached hydrogens (tertiary/aromatic N) is 4. The van der Waals surface area contributed by atoms with Crippen LogP contribution in [0, 0.1) is 6.92 Å². The van der Waals surface area contributed by atoms with Gasteiger partial charge in [-0.25, -0.2) is 4.98 Å². The molecule has 0 radical (unpaired) electrons. The van der Waals surface area contributed by atoms with Crippen LogP contribution < -0.4 is 10.6 Å². The smallest absolute Gasteiger partial charge is 0.226 e. The lowest BCUT2D eigenvalue weighted by atomic mass is 10.1. The Kier molecular flexibility index (Phi) is 8.43. The first-order chi connectivity index (χ1) is 15.2. The van der Waals surface area contributed by atoms with Crippen molar-refractivity contribution in [3.8, 4) is 11.5 Å². The van der Waals surface area contributed by atoms with Crippen LogP contribution in [0.1, 0.15) is 22.4 Å². The van der Waals surface area contributed by atoms with Gasteiger partial charge in [-0.3, -0.25) is 9.67 Å². The van der Waals surface area contributed by atoms with Crippen molar-refractivity contribution in [3.63, 3.8) is 0 Å². The molecule has 4 aromatic rings. The number of hydrogen-bond acceptors (Lipinski definition) is 4. The maximum atomic E-state index is 5.62. The Labute approximate surface area is 205 Å². The van der Waals surface area contributed by atoms with E-state index in [9.17, 15) is 0 Å². The number of aryl methyl sites for hydroxylation is 1. The number of benzene rings is 2. The summed E-state index contributed by atoms with van der Waals surface area (Å²) in [5.41, 5.74) is 5.38. The van der Waals surface area contributed by atoms with E-state index in [1.54, 1.807) is 19.5 Å². The predicted molar refractivity (Wildman–Crippen MR) is 137 cm³/mol. The largest absolute Gasteiger partial charge is 0.444 e. The summed E-state index contributed by atoms with van der Waals surface area (Å²) in [6.45, 7) is 4.00. The number of aromatic nitrogens is 3. The lowest BCUT2D eigenvalue weighted by molar-refractivity contribution is 0.572. The zero-order valence-electron chi connectivity index (χ0n) is 18.2. The van der Waals surface area contributed by atoms with E-state index in [0.29, 0.717) is 24.9 Å². The fraction of sp³-hybridized carbons (Fsp3) is 0.208. The summed E-state index contributed by atoms with van der Waals surface area (Å²) in [6, 6.07) is 18.5. The molecule has 0 atom stereocenters. The Morgan fingerprint density at radius 2 is 1.81 bits per heavy atom. The number of oxazole rings is 1. The van der Waals surface area contributed by atoms with Gasteiger partial charge in [0, 0.05) is 31.5 Å². The van der Waals surface area contributed by atoms with Crippen LogP contribution in [0.25, 0.3) is 11.5 Å². The lowest BCUT2D eigenvalue weighted by Crippen LogP contribution is -2.36. The average Bonchev–Trinajstić information content (AvgIpc) is 3.47. The van der Waals surface area contributed by atoms with Gasteiger partial charge in [-0.05, 0) is 36.2 Å². The topological polar surface area (TPSA) is 80.3 Å². The fourth-order valence-corrected chi connectivity index (χ4v) is 3.22. The molecule has 8 heteroatoms. The van der Waals surface area contributed by atoms with E-state index in [-0.39, 0.29) is 24.0 Å². The first-order valence-corrected chi connectivity index (χ1v) is 10.2. The van der Waals surface area contributed by atoms with Gasteiger partial charge in [-0.2, -0.15) is 5.10 Å². The third kappa shape index (κ3) is 6.43. The fourth-order valence-electron chi connectivity index (χ4n) is 3.22. The summed E-state index contributed by atoms with van der Waals surface area (Å²) in [5, 5.41) is 10.9. The molecule has 0 spiro atoms. The van der Waals surface area contributed by atoms with Crippen LogP contribution in [-0.4, -0.2) is 27.8 Å². The van der Waals surface area contributed by atoms with E-state index in [2.05, 4.69) is 56.9 Å². The van der Waals surface area contributed by atoms with Gasteiger partial charge in [0.05, 0.1) is 18.8 Å². The minimum Gasteiger partial charge on any atom is -0.444 e. The number of nitrogens with one attached hydrogen (secondary N) is 2. The molecular weight excluding hydrogens is 515 g/mol. The molecule has 2 aromatic heterocycles. The summed E-state index contributed by atoms with van der Waals surface area (Å²) in [4.78, 5) is 8.86. The number of aliphatic imine (C=N–C) groups is 1. The molecule has 0 bridgehead atoms. The SMILES string of the molecule is CN=C(NCc1cccc(Cn2cccn2)c1)NCc1coc(-c2ccc(C)cc2)n1.I. The molecular formula is C24H27IN6O. The van der Waals surface area contributed by atoms with Crippen LogP contribution >= 0.6 is 24.0 Å². The Morgan fingerprint density at radius 1 is 1.03 bits per heavy atom. The van der Waals surface area contributed by atoms with E-state index in [1.165, 1.54) is 16.7 Å². The number of guanidine groups is 1. The van der Waals surface area contributed by atoms with Gasteiger partial charge in [-0.1, -0.05) is 42.0 Å². The summed E-state index contributed by atoms with van der Waals surface area (Å²) >= 11 is 0. The maximum Gasteiger partial charge on any atom is 0.226 e. The van der Waals surface area contributed by atoms with Gasteiger partial charge >= 0.3 is 0 Å². The molecule has 0 saturated heterocycles. The molecule has 166 valence electrons. The Hall–Kier alpha value is -3.14. The lowest BCUT2D eigenvalue weighted by Gasteiger charge is -2.12. The minimum absolute atomic E-state index is 0. The van der Waals surface area contributed by atoms with Crippen molar-refractivity contribution in [1.29, 1.82) is 0 Å². The molecule has 0 saturated carbocycles. The molecule has 2 heterocycles. The molecule has 0 fully saturated rings. The van der Waals surface area contributed by atoms with E-state index in [1.807, 2.05) is 41.2 Å². The van der Waals surface area contributed by atoms with Crippen molar-refractivity contribution in [1.82, 2.24) is 25.4 Å². The van der Waals surface area contributed by atoms with Crippen molar-refractivity contribution in [2.24, 2.45) is 4.99 Å². The van der Waals surface area contributed by atoms with Gasteiger partial charge in [0.25, 0.3) is 0 Å². The van der Waals surface area contributed by atoms with Crippen LogP contribution in [0.3, 0.4) is 0 Å². The molecule has 0 aliphatic heterocycles. The highest BCUT2D eigenvalue weighted by molar-refractivity contribution is 14.0. The van der Waals surface area contributed by atoms with Crippen molar-refractivity contribution in [2.45, 2.75) is 26.6 Å². The highest BCUT2D eigenvalue weighted by atomic mass is 127. The van der Waals surface area contributed by atoms with Crippen molar-refractivity contribution in [3.05, 3.63) is 95.6 Å². The van der Waals surface area contributed by atoms with E-state index < -0.39 is 0 Å². The second-order valence-corrected chi connectivity index (χ2v) is 7.31. The molecule has 0 amide bonds. The highest BCUT2D eigenvalue weighted by Gasteiger charge is 2.07. The van der Waals surface area contributed by atoms with Crippen LogP contribution in [-0.2, 0) is 19.6 Å². The van der Waals surface area contributed by atoms with Gasteiger partial charge in [-0.15, -0.1) is 24.0 Å². The molecule has 7 nitrogen and oxygen atoms in total. The van der Waals surface area contributed by atoms with Crippen molar-refractivity contribution < 1.29 is 4.42 Å². The molecule has 0 unspecified atom stereocenters. The molecule has 4 rings (SSSR count). The van der Waals surface area contributed by atoms with Crippen molar-refractivity contribution in [2.75, 3.05) is 7.05 Å². The van der Waals surface area contributed by atoms with Crippen LogP contribution in [0.4, 0.5) is 0 Å². The first kappa shape index (κ1) is 23.5. The molecule has 0 aliphatic carbocycles. The standard InChI is InChI=1S/C24H26N6O.HI/c1-18-7-9-21(10-8-18)23-29-22(17-31-23)15-27-24(25-2)26-14-19-5-3-6-20(13-19)16-30-12-4-11-28-30;/h3-13,17H,14-16H2,1-2H3,(H2,25,26,27);1H. The normalized spacial score (nSPS) is 11.1. The minimum atomic E-state index is 0. The van der Waals surface area contributed by atoms with Gasteiger partial charge in [0.1, 0.15) is 6.26 Å². The van der Waals surface area contributed by atoms with E-state index in [0.717, 1.165) is 17.8 Å². The average molecular weight is 542 g/mol. The first-order valence-electron chi connectivity index (χ1n) is 10.2. The Balaban J connectivity index is 0.00000289. The molecule has 2 N–H and O–H groups in total. The predicted octanol–water partition coefficient (Wildman–Crippen LogP) is 4.38. The molecule has 0 aliphatic rings. The van der Waals surface area contributed by atoms with E-state index >= 15 is 0 Å². The van der Waals surface area contributed by atoms with Crippen LogP contribution in [0.2, 0.25) is 0 Å². The molecule has 2 aromatic carbocycles. The van der Waals surface area contributed by atoms with Crippen LogP contribution in [0.5, 0.6) is 0 Å². The maximum absolute atomic E-state index is 5.62. The summed E-state index contributed by atoms with van der Waals surface area (Å²) < 4.78 is 7.54. The second kappa shape index (κ2) is 11.5. The van der Waals surface area contributed by atoms with E-state index in [4.69, 9.17) is 4.42 Å². The zero-order chi connectivity index (χ0) is 21.5. The highest BCUT2D eigenvalue weighted by Crippen LogP contribution is 2.19. The Bertz CT molecular complexity index is 1140. The van der Waals surface area contributed by atoms with Crippen molar-refractivity contribution >= 4 is 29.9 Å². The second-order valence-electron chi connectivity index (χ2n) is 7.31. The number of hydrogen-bond donors (Lipinski definition) is 2. The van der Waals surface area contributed by atoms with Gasteiger partial charge in [0.15, 0.2) is 5.96 Å². The third-order valence-electron chi connectivity index (χ3n) is 4.87. The van der Waals surface area contributed by atoms with Gasteiger partial charge in [0.2, 0.25) is 5.89 Å². The third-order valence-corrected chi connectivity index (χ3v) is 4.87. The van der Waals surface area contributed by atoms with Crippen LogP contribution in [0.15, 0.2) is 82.7 Å². The Morgan fingerprint density at radius 3 is 2.56 bits per heavy atom. The number of rotatable bonds is 7. The molecule has 32 heavy (non-hydrogen) atoms. The summed E-state index contributed by atoms with van der Waals surface area (Å²) in [7, 11) is 1.75. The summed E-state index contributed by atoms with van der Waals surface area (Å²) in [6.07, 6.45) is 5.43. The quantitative estimate of drug-likeness (QED) is 0.206. The number of halogens is 1. The zero-order valence-corrected chi connectivity index (χ0v) is 20.5. The van der Waals surface area contributed by atoms with Gasteiger partial charge < -0.3 is 15.1 Å².